The van der Waals surface area contributed by atoms with E-state index in [2.05, 4.69) is 16.6 Å². The lowest BCUT2D eigenvalue weighted by Gasteiger charge is -2.11. The second kappa shape index (κ2) is 6.66. The highest BCUT2D eigenvalue weighted by Crippen LogP contribution is 2.26. The molecule has 100 valence electrons. The van der Waals surface area contributed by atoms with Crippen LogP contribution in [0.3, 0.4) is 0 Å². The molecule has 2 nitrogen and oxygen atoms in total. The van der Waals surface area contributed by atoms with Gasteiger partial charge in [0.15, 0.2) is 0 Å². The molecular weight excluding hydrogens is 267 g/mol. The number of halogens is 4. The van der Waals surface area contributed by atoms with E-state index in [4.69, 9.17) is 11.6 Å². The normalized spacial score (nSPS) is 11.3. The summed E-state index contributed by atoms with van der Waals surface area (Å²) in [5.41, 5.74) is 0.630. The third-order valence-corrected chi connectivity index (χ3v) is 2.24. The Morgan fingerprint density at radius 1 is 1.33 bits per heavy atom. The van der Waals surface area contributed by atoms with Crippen molar-refractivity contribution in [2.75, 3.05) is 6.54 Å². The second-order valence-electron chi connectivity index (χ2n) is 3.60. The molecule has 0 fully saturated rings. The van der Waals surface area contributed by atoms with Crippen molar-refractivity contribution < 1.29 is 17.9 Å². The van der Waals surface area contributed by atoms with Gasteiger partial charge in [-0.1, -0.05) is 17.7 Å². The molecule has 0 amide bonds. The fraction of sp³-hybridized carbons (Fsp3) is 0.333. The zero-order valence-electron chi connectivity index (χ0n) is 9.56. The molecule has 1 aromatic carbocycles. The molecule has 0 aliphatic carbocycles. The summed E-state index contributed by atoms with van der Waals surface area (Å²) in [5, 5.41) is 3.26. The summed E-state index contributed by atoms with van der Waals surface area (Å²) in [4.78, 5) is 0. The molecular formula is C12H13ClF3NO. The minimum absolute atomic E-state index is 0.206. The molecule has 0 unspecified atom stereocenters. The molecule has 0 aliphatic rings. The number of rotatable bonds is 6. The SMILES string of the molecule is C=CCCNCc1cc(Cl)cc(OC(F)(F)F)c1. The topological polar surface area (TPSA) is 21.3 Å². The monoisotopic (exact) mass is 279 g/mol. The first-order chi connectivity index (χ1) is 8.40. The van der Waals surface area contributed by atoms with E-state index < -0.39 is 6.36 Å². The molecule has 1 aromatic rings. The van der Waals surface area contributed by atoms with Gasteiger partial charge in [0.2, 0.25) is 0 Å². The Hall–Kier alpha value is -1.20. The van der Waals surface area contributed by atoms with Crippen LogP contribution < -0.4 is 10.1 Å². The molecule has 0 saturated carbocycles. The highest BCUT2D eigenvalue weighted by molar-refractivity contribution is 6.30. The van der Waals surface area contributed by atoms with Gasteiger partial charge in [0.05, 0.1) is 0 Å². The summed E-state index contributed by atoms with van der Waals surface area (Å²) >= 11 is 5.73. The largest absolute Gasteiger partial charge is 0.573 e. The van der Waals surface area contributed by atoms with E-state index in [-0.39, 0.29) is 10.8 Å². The van der Waals surface area contributed by atoms with Crippen LogP contribution >= 0.6 is 11.6 Å². The lowest BCUT2D eigenvalue weighted by molar-refractivity contribution is -0.274. The van der Waals surface area contributed by atoms with Crippen molar-refractivity contribution in [3.63, 3.8) is 0 Å². The predicted molar refractivity (Wildman–Crippen MR) is 64.7 cm³/mol. The number of ether oxygens (including phenoxy) is 1. The number of hydrogen-bond donors (Lipinski definition) is 1. The molecule has 0 saturated heterocycles. The summed E-state index contributed by atoms with van der Waals surface area (Å²) < 4.78 is 40.0. The van der Waals surface area contributed by atoms with E-state index in [1.54, 1.807) is 12.1 Å². The molecule has 1 rings (SSSR count). The van der Waals surface area contributed by atoms with Crippen LogP contribution in [0.15, 0.2) is 30.9 Å². The Morgan fingerprint density at radius 2 is 2.06 bits per heavy atom. The van der Waals surface area contributed by atoms with E-state index in [0.29, 0.717) is 18.7 Å². The van der Waals surface area contributed by atoms with Gasteiger partial charge in [-0.2, -0.15) is 0 Å². The summed E-state index contributed by atoms with van der Waals surface area (Å²) in [6.45, 7) is 4.69. The zero-order valence-corrected chi connectivity index (χ0v) is 10.3. The van der Waals surface area contributed by atoms with Gasteiger partial charge in [-0.3, -0.25) is 0 Å². The van der Waals surface area contributed by atoms with Gasteiger partial charge in [-0.15, -0.1) is 19.8 Å². The average molecular weight is 280 g/mol. The van der Waals surface area contributed by atoms with Crippen LogP contribution in [0.4, 0.5) is 13.2 Å². The minimum Gasteiger partial charge on any atom is -0.406 e. The Kier molecular flexibility index (Phi) is 5.50. The van der Waals surface area contributed by atoms with Gasteiger partial charge >= 0.3 is 6.36 Å². The first-order valence-corrected chi connectivity index (χ1v) is 5.65. The zero-order chi connectivity index (χ0) is 13.6. The Labute approximate surface area is 108 Å². The molecule has 1 N–H and O–H groups in total. The first-order valence-electron chi connectivity index (χ1n) is 5.27. The van der Waals surface area contributed by atoms with Crippen molar-refractivity contribution in [3.05, 3.63) is 41.4 Å². The van der Waals surface area contributed by atoms with Crippen LogP contribution in [0.2, 0.25) is 5.02 Å². The Bertz CT molecular complexity index is 407. The highest BCUT2D eigenvalue weighted by atomic mass is 35.5. The molecule has 0 radical (unpaired) electrons. The van der Waals surface area contributed by atoms with Gasteiger partial charge < -0.3 is 10.1 Å². The van der Waals surface area contributed by atoms with Crippen LogP contribution in [-0.2, 0) is 6.54 Å². The number of alkyl halides is 3. The molecule has 0 bridgehead atoms. The van der Waals surface area contributed by atoms with Gasteiger partial charge in [0, 0.05) is 11.6 Å². The maximum Gasteiger partial charge on any atom is 0.573 e. The molecule has 0 aromatic heterocycles. The second-order valence-corrected chi connectivity index (χ2v) is 4.03. The van der Waals surface area contributed by atoms with Crippen LogP contribution in [0.5, 0.6) is 5.75 Å². The predicted octanol–water partition coefficient (Wildman–Crippen LogP) is 3.90. The quantitative estimate of drug-likeness (QED) is 0.630. The van der Waals surface area contributed by atoms with Crippen molar-refractivity contribution in [3.8, 4) is 5.75 Å². The fourth-order valence-corrected chi connectivity index (χ4v) is 1.60. The van der Waals surface area contributed by atoms with Gasteiger partial charge in [-0.05, 0) is 36.7 Å². The third-order valence-electron chi connectivity index (χ3n) is 2.02. The number of hydrogen-bond acceptors (Lipinski definition) is 2. The van der Waals surface area contributed by atoms with E-state index in [1.807, 2.05) is 0 Å². The van der Waals surface area contributed by atoms with Crippen molar-refractivity contribution in [2.24, 2.45) is 0 Å². The van der Waals surface area contributed by atoms with Crippen molar-refractivity contribution in [2.45, 2.75) is 19.3 Å². The summed E-state index contributed by atoms with van der Waals surface area (Å²) in [7, 11) is 0. The highest BCUT2D eigenvalue weighted by Gasteiger charge is 2.31. The molecule has 0 aliphatic heterocycles. The van der Waals surface area contributed by atoms with Crippen LogP contribution in [0, 0.1) is 0 Å². The smallest absolute Gasteiger partial charge is 0.406 e. The summed E-state index contributed by atoms with van der Waals surface area (Å²) in [5.74, 6) is -0.310. The van der Waals surface area contributed by atoms with E-state index >= 15 is 0 Å². The first kappa shape index (κ1) is 14.9. The number of benzene rings is 1. The fourth-order valence-electron chi connectivity index (χ4n) is 1.35. The Balaban J connectivity index is 2.65. The lowest BCUT2D eigenvalue weighted by atomic mass is 10.2. The minimum atomic E-state index is -4.71. The maximum absolute atomic E-state index is 12.1. The molecule has 0 spiro atoms. The van der Waals surface area contributed by atoms with E-state index in [1.165, 1.54) is 6.07 Å². The van der Waals surface area contributed by atoms with Crippen molar-refractivity contribution in [1.82, 2.24) is 5.32 Å². The molecule has 18 heavy (non-hydrogen) atoms. The summed E-state index contributed by atoms with van der Waals surface area (Å²) in [6.07, 6.45) is -2.17. The van der Waals surface area contributed by atoms with Gasteiger partial charge in [-0.25, -0.2) is 0 Å². The summed E-state index contributed by atoms with van der Waals surface area (Å²) in [6, 6.07) is 4.02. The average Bonchev–Trinajstić information content (AvgIpc) is 2.21. The molecule has 6 heteroatoms. The van der Waals surface area contributed by atoms with Crippen molar-refractivity contribution >= 4 is 11.6 Å². The van der Waals surface area contributed by atoms with Gasteiger partial charge in [0.25, 0.3) is 0 Å². The van der Waals surface area contributed by atoms with Crippen LogP contribution in [0.1, 0.15) is 12.0 Å². The van der Waals surface area contributed by atoms with Crippen LogP contribution in [-0.4, -0.2) is 12.9 Å². The Morgan fingerprint density at radius 3 is 2.67 bits per heavy atom. The van der Waals surface area contributed by atoms with E-state index in [9.17, 15) is 13.2 Å². The number of nitrogens with one attached hydrogen (secondary N) is 1. The standard InChI is InChI=1S/C12H13ClF3NO/c1-2-3-4-17-8-9-5-10(13)7-11(6-9)18-12(14,15)16/h2,5-7,17H,1,3-4,8H2. The van der Waals surface area contributed by atoms with Gasteiger partial charge in [0.1, 0.15) is 5.75 Å². The van der Waals surface area contributed by atoms with Crippen molar-refractivity contribution in [1.29, 1.82) is 0 Å². The molecule has 0 heterocycles. The third kappa shape index (κ3) is 5.93. The van der Waals surface area contributed by atoms with E-state index in [0.717, 1.165) is 12.5 Å². The lowest BCUT2D eigenvalue weighted by Crippen LogP contribution is -2.18. The van der Waals surface area contributed by atoms with Crippen LogP contribution in [0.25, 0.3) is 0 Å². The molecule has 0 atom stereocenters. The maximum atomic E-state index is 12.1.